The Hall–Kier alpha value is -3.12. The van der Waals surface area contributed by atoms with Crippen LogP contribution < -0.4 is 11.3 Å². The van der Waals surface area contributed by atoms with Gasteiger partial charge >= 0.3 is 0 Å². The maximum Gasteiger partial charge on any atom is 0.268 e. The number of benzene rings is 1. The standard InChI is InChI=1S/C17H15N5O/c1-11-2-4-13(5-3-11)16-20-10-14(17(23)22-18)15(21-16)12-6-8-19-9-7-12/h2-10H,18H2,1H3,(H,22,23). The van der Waals surface area contributed by atoms with E-state index in [4.69, 9.17) is 5.84 Å². The monoisotopic (exact) mass is 305 g/mol. The van der Waals surface area contributed by atoms with Crippen LogP contribution in [0.2, 0.25) is 0 Å². The van der Waals surface area contributed by atoms with Gasteiger partial charge in [0.05, 0.1) is 11.3 Å². The van der Waals surface area contributed by atoms with E-state index in [2.05, 4.69) is 20.4 Å². The smallest absolute Gasteiger partial charge is 0.268 e. The summed E-state index contributed by atoms with van der Waals surface area (Å²) in [5.41, 5.74) is 5.76. The molecular formula is C17H15N5O. The summed E-state index contributed by atoms with van der Waals surface area (Å²) in [4.78, 5) is 24.8. The van der Waals surface area contributed by atoms with Crippen molar-refractivity contribution in [2.75, 3.05) is 0 Å². The average molecular weight is 305 g/mol. The molecule has 114 valence electrons. The molecule has 1 amide bonds. The second kappa shape index (κ2) is 6.33. The molecule has 0 aliphatic carbocycles. The van der Waals surface area contributed by atoms with Crippen molar-refractivity contribution in [1.29, 1.82) is 0 Å². The maximum absolute atomic E-state index is 12.0. The lowest BCUT2D eigenvalue weighted by Gasteiger charge is -2.09. The van der Waals surface area contributed by atoms with E-state index in [1.165, 1.54) is 6.20 Å². The van der Waals surface area contributed by atoms with E-state index in [1.807, 2.05) is 31.2 Å². The number of rotatable bonds is 3. The fourth-order valence-electron chi connectivity index (χ4n) is 2.20. The molecule has 6 nitrogen and oxygen atoms in total. The molecule has 0 aliphatic rings. The number of hydrazine groups is 1. The van der Waals surface area contributed by atoms with E-state index in [0.29, 0.717) is 17.1 Å². The van der Waals surface area contributed by atoms with Crippen LogP contribution in [0.15, 0.2) is 55.0 Å². The number of carbonyl (C=O) groups excluding carboxylic acids is 1. The summed E-state index contributed by atoms with van der Waals surface area (Å²) in [6, 6.07) is 11.5. The summed E-state index contributed by atoms with van der Waals surface area (Å²) in [6.45, 7) is 2.02. The highest BCUT2D eigenvalue weighted by Crippen LogP contribution is 2.24. The average Bonchev–Trinajstić information content (AvgIpc) is 2.62. The highest BCUT2D eigenvalue weighted by molar-refractivity contribution is 5.99. The van der Waals surface area contributed by atoms with Crippen LogP contribution in [0.4, 0.5) is 0 Å². The molecule has 1 aromatic carbocycles. The Kier molecular flexibility index (Phi) is 4.07. The number of nitrogens with zero attached hydrogens (tertiary/aromatic N) is 3. The Balaban J connectivity index is 2.15. The van der Waals surface area contributed by atoms with Crippen molar-refractivity contribution in [2.45, 2.75) is 6.92 Å². The third-order valence-corrected chi connectivity index (χ3v) is 3.43. The van der Waals surface area contributed by atoms with E-state index in [-0.39, 0.29) is 0 Å². The zero-order valence-electron chi connectivity index (χ0n) is 12.5. The van der Waals surface area contributed by atoms with Gasteiger partial charge in [-0.3, -0.25) is 15.2 Å². The molecule has 2 aromatic heterocycles. The molecule has 3 aromatic rings. The minimum absolute atomic E-state index is 0.314. The van der Waals surface area contributed by atoms with Gasteiger partial charge in [0.25, 0.3) is 5.91 Å². The van der Waals surface area contributed by atoms with E-state index < -0.39 is 5.91 Å². The van der Waals surface area contributed by atoms with E-state index in [9.17, 15) is 4.79 Å². The van der Waals surface area contributed by atoms with Gasteiger partial charge in [0.1, 0.15) is 0 Å². The molecule has 3 rings (SSSR count). The van der Waals surface area contributed by atoms with Gasteiger partial charge in [0.2, 0.25) is 0 Å². The zero-order chi connectivity index (χ0) is 16.2. The predicted octanol–water partition coefficient (Wildman–Crippen LogP) is 2.12. The largest absolute Gasteiger partial charge is 0.290 e. The van der Waals surface area contributed by atoms with Crippen LogP contribution in [0, 0.1) is 6.92 Å². The molecule has 0 spiro atoms. The van der Waals surface area contributed by atoms with Crippen LogP contribution in [0.5, 0.6) is 0 Å². The molecule has 0 saturated carbocycles. The number of carbonyl (C=O) groups is 1. The first kappa shape index (κ1) is 14.8. The van der Waals surface area contributed by atoms with Crippen molar-refractivity contribution >= 4 is 5.91 Å². The lowest BCUT2D eigenvalue weighted by atomic mass is 10.1. The van der Waals surface area contributed by atoms with Crippen molar-refractivity contribution in [3.63, 3.8) is 0 Å². The molecule has 2 heterocycles. The Morgan fingerprint density at radius 1 is 1.04 bits per heavy atom. The summed E-state index contributed by atoms with van der Waals surface area (Å²) in [7, 11) is 0. The first-order valence-electron chi connectivity index (χ1n) is 7.04. The number of nitrogens with one attached hydrogen (secondary N) is 1. The van der Waals surface area contributed by atoms with Crippen LogP contribution in [-0.4, -0.2) is 20.9 Å². The topological polar surface area (TPSA) is 93.8 Å². The highest BCUT2D eigenvalue weighted by atomic mass is 16.2. The molecule has 0 unspecified atom stereocenters. The molecule has 0 atom stereocenters. The zero-order valence-corrected chi connectivity index (χ0v) is 12.5. The molecule has 3 N–H and O–H groups in total. The van der Waals surface area contributed by atoms with Crippen LogP contribution in [0.25, 0.3) is 22.6 Å². The number of pyridine rings is 1. The van der Waals surface area contributed by atoms with Gasteiger partial charge in [-0.1, -0.05) is 29.8 Å². The van der Waals surface area contributed by atoms with Crippen molar-refractivity contribution in [2.24, 2.45) is 5.84 Å². The Morgan fingerprint density at radius 3 is 2.39 bits per heavy atom. The van der Waals surface area contributed by atoms with Crippen molar-refractivity contribution in [3.8, 4) is 22.6 Å². The Bertz CT molecular complexity index is 831. The van der Waals surface area contributed by atoms with E-state index in [1.54, 1.807) is 24.5 Å². The summed E-state index contributed by atoms with van der Waals surface area (Å²) in [5.74, 6) is 5.36. The first-order chi connectivity index (χ1) is 11.2. The quantitative estimate of drug-likeness (QED) is 0.439. The number of aromatic nitrogens is 3. The summed E-state index contributed by atoms with van der Waals surface area (Å²) in [5, 5.41) is 0. The molecule has 0 aliphatic heterocycles. The number of hydrogen-bond acceptors (Lipinski definition) is 5. The Labute approximate surface area is 133 Å². The third-order valence-electron chi connectivity index (χ3n) is 3.43. The van der Waals surface area contributed by atoms with E-state index in [0.717, 1.165) is 16.7 Å². The van der Waals surface area contributed by atoms with Crippen molar-refractivity contribution in [1.82, 2.24) is 20.4 Å². The predicted molar refractivity (Wildman–Crippen MR) is 87.1 cm³/mol. The molecule has 0 saturated heterocycles. The lowest BCUT2D eigenvalue weighted by Crippen LogP contribution is -2.30. The Morgan fingerprint density at radius 2 is 1.74 bits per heavy atom. The maximum atomic E-state index is 12.0. The molecule has 0 radical (unpaired) electrons. The van der Waals surface area contributed by atoms with E-state index >= 15 is 0 Å². The number of aryl methyl sites for hydroxylation is 1. The van der Waals surface area contributed by atoms with Crippen LogP contribution in [0.1, 0.15) is 15.9 Å². The van der Waals surface area contributed by atoms with Gasteiger partial charge in [-0.2, -0.15) is 0 Å². The second-order valence-corrected chi connectivity index (χ2v) is 5.03. The molecule has 0 bridgehead atoms. The van der Waals surface area contributed by atoms with Crippen molar-refractivity contribution < 1.29 is 4.79 Å². The van der Waals surface area contributed by atoms with Gasteiger partial charge in [-0.05, 0) is 19.1 Å². The molecule has 6 heteroatoms. The van der Waals surface area contributed by atoms with Crippen LogP contribution in [-0.2, 0) is 0 Å². The number of nitrogen functional groups attached to an aromatic ring is 1. The summed E-state index contributed by atoms with van der Waals surface area (Å²) >= 11 is 0. The fourth-order valence-corrected chi connectivity index (χ4v) is 2.20. The molecular weight excluding hydrogens is 290 g/mol. The lowest BCUT2D eigenvalue weighted by molar-refractivity contribution is 0.0953. The van der Waals surface area contributed by atoms with Crippen molar-refractivity contribution in [3.05, 3.63) is 66.1 Å². The van der Waals surface area contributed by atoms with Gasteiger partial charge < -0.3 is 0 Å². The summed E-state index contributed by atoms with van der Waals surface area (Å²) < 4.78 is 0. The minimum Gasteiger partial charge on any atom is -0.290 e. The highest BCUT2D eigenvalue weighted by Gasteiger charge is 2.16. The van der Waals surface area contributed by atoms with Gasteiger partial charge in [0.15, 0.2) is 5.82 Å². The fraction of sp³-hybridized carbons (Fsp3) is 0.0588. The second-order valence-electron chi connectivity index (χ2n) is 5.03. The SMILES string of the molecule is Cc1ccc(-c2ncc(C(=O)NN)c(-c3ccncc3)n2)cc1. The normalized spacial score (nSPS) is 10.3. The van der Waals surface area contributed by atoms with Gasteiger partial charge in [-0.15, -0.1) is 0 Å². The van der Waals surface area contributed by atoms with Gasteiger partial charge in [-0.25, -0.2) is 15.8 Å². The number of hydrogen-bond donors (Lipinski definition) is 2. The first-order valence-corrected chi connectivity index (χ1v) is 7.04. The number of amides is 1. The minimum atomic E-state index is -0.438. The third kappa shape index (κ3) is 3.07. The molecule has 23 heavy (non-hydrogen) atoms. The van der Waals surface area contributed by atoms with Crippen LogP contribution in [0.3, 0.4) is 0 Å². The number of nitrogens with two attached hydrogens (primary N) is 1. The van der Waals surface area contributed by atoms with Crippen LogP contribution >= 0.6 is 0 Å². The molecule has 0 fully saturated rings. The van der Waals surface area contributed by atoms with Gasteiger partial charge in [0, 0.05) is 29.7 Å². The summed E-state index contributed by atoms with van der Waals surface area (Å²) in [6.07, 6.45) is 4.78.